The fourth-order valence-electron chi connectivity index (χ4n) is 2.93. The van der Waals surface area contributed by atoms with Crippen molar-refractivity contribution in [2.24, 2.45) is 0 Å². The van der Waals surface area contributed by atoms with Crippen molar-refractivity contribution in [3.05, 3.63) is 0 Å². The molecule has 6 nitrogen and oxygen atoms in total. The number of aliphatic hydroxyl groups excluding tert-OH is 1. The molecule has 0 aromatic carbocycles. The summed E-state index contributed by atoms with van der Waals surface area (Å²) >= 11 is 0. The first-order valence-corrected chi connectivity index (χ1v) is 9.13. The highest BCUT2D eigenvalue weighted by Crippen LogP contribution is 2.21. The van der Waals surface area contributed by atoms with Gasteiger partial charge in [0.2, 0.25) is 10.0 Å². The number of rotatable bonds is 5. The second kappa shape index (κ2) is 6.70. The molecule has 0 bridgehead atoms. The number of sulfonamides is 1. The lowest BCUT2D eigenvalue weighted by Crippen LogP contribution is -2.52. The third-order valence-corrected chi connectivity index (χ3v) is 6.27. The molecular weight excluding hydrogens is 278 g/mol. The Labute approximate surface area is 122 Å². The van der Waals surface area contributed by atoms with Crippen molar-refractivity contribution in [2.45, 2.75) is 31.9 Å². The van der Waals surface area contributed by atoms with Gasteiger partial charge in [0, 0.05) is 39.3 Å². The van der Waals surface area contributed by atoms with Crippen molar-refractivity contribution in [3.63, 3.8) is 0 Å². The topological polar surface area (TPSA) is 64.1 Å². The molecule has 118 valence electrons. The molecule has 0 spiro atoms. The van der Waals surface area contributed by atoms with Gasteiger partial charge >= 0.3 is 0 Å². The number of hydrogen-bond donors (Lipinski definition) is 1. The van der Waals surface area contributed by atoms with Crippen molar-refractivity contribution < 1.29 is 13.5 Å². The third-order valence-electron chi connectivity index (χ3n) is 4.38. The molecule has 1 N–H and O–H groups in total. The van der Waals surface area contributed by atoms with E-state index in [0.717, 1.165) is 32.6 Å². The number of β-amino-alcohol motifs (C(OH)–C–C–N with tert-alkyl or cyclic N) is 1. The van der Waals surface area contributed by atoms with Crippen molar-refractivity contribution in [1.82, 2.24) is 14.1 Å². The van der Waals surface area contributed by atoms with Crippen LogP contribution in [0.1, 0.15) is 19.8 Å². The molecular formula is C13H27N3O3S. The standard InChI is InChI=1S/C13H27N3O3S/c1-3-4-9-20(18,19)16-10-12(13(17)11-16)15-7-5-14(2)6-8-15/h12-13,17H,3-11H2,1-2H3/t12-,13-/m0/s1. The van der Waals surface area contributed by atoms with Crippen LogP contribution in [0.25, 0.3) is 0 Å². The molecule has 2 rings (SSSR count). The van der Waals surface area contributed by atoms with Crippen LogP contribution >= 0.6 is 0 Å². The zero-order valence-corrected chi connectivity index (χ0v) is 13.3. The highest BCUT2D eigenvalue weighted by atomic mass is 32.2. The summed E-state index contributed by atoms with van der Waals surface area (Å²) in [6.45, 7) is 6.45. The van der Waals surface area contributed by atoms with Gasteiger partial charge in [-0.15, -0.1) is 0 Å². The Hall–Kier alpha value is -0.210. The number of piperazine rings is 1. The Morgan fingerprint density at radius 1 is 1.15 bits per heavy atom. The largest absolute Gasteiger partial charge is 0.390 e. The maximum atomic E-state index is 12.2. The first kappa shape index (κ1) is 16.2. The van der Waals surface area contributed by atoms with Crippen LogP contribution in [-0.2, 0) is 10.0 Å². The van der Waals surface area contributed by atoms with Gasteiger partial charge in [0.1, 0.15) is 0 Å². The van der Waals surface area contributed by atoms with Gasteiger partial charge in [-0.05, 0) is 13.5 Å². The average molecular weight is 305 g/mol. The van der Waals surface area contributed by atoms with E-state index in [1.54, 1.807) is 0 Å². The predicted octanol–water partition coefficient (Wildman–Crippen LogP) is -0.591. The SMILES string of the molecule is CCCCS(=O)(=O)N1C[C@H](O)[C@@H](N2CCN(C)CC2)C1. The van der Waals surface area contributed by atoms with Crippen LogP contribution in [0.5, 0.6) is 0 Å². The van der Waals surface area contributed by atoms with Gasteiger partial charge in [-0.2, -0.15) is 4.31 Å². The maximum Gasteiger partial charge on any atom is 0.214 e. The predicted molar refractivity (Wildman–Crippen MR) is 79.1 cm³/mol. The van der Waals surface area contributed by atoms with E-state index < -0.39 is 16.1 Å². The summed E-state index contributed by atoms with van der Waals surface area (Å²) < 4.78 is 25.9. The normalized spacial score (nSPS) is 30.9. The van der Waals surface area contributed by atoms with Gasteiger partial charge in [0.15, 0.2) is 0 Å². The number of likely N-dealkylation sites (N-methyl/N-ethyl adjacent to an activating group) is 1. The van der Waals surface area contributed by atoms with Gasteiger partial charge in [0.25, 0.3) is 0 Å². The zero-order chi connectivity index (χ0) is 14.8. The van der Waals surface area contributed by atoms with E-state index in [4.69, 9.17) is 0 Å². The fraction of sp³-hybridized carbons (Fsp3) is 1.00. The molecule has 2 fully saturated rings. The molecule has 2 saturated heterocycles. The monoisotopic (exact) mass is 305 g/mol. The third kappa shape index (κ3) is 3.71. The van der Waals surface area contributed by atoms with Gasteiger partial charge < -0.3 is 10.0 Å². The zero-order valence-electron chi connectivity index (χ0n) is 12.5. The minimum Gasteiger partial charge on any atom is -0.390 e. The summed E-state index contributed by atoms with van der Waals surface area (Å²) in [4.78, 5) is 4.49. The van der Waals surface area contributed by atoms with E-state index in [1.165, 1.54) is 4.31 Å². The lowest BCUT2D eigenvalue weighted by Gasteiger charge is -2.37. The summed E-state index contributed by atoms with van der Waals surface area (Å²) in [7, 11) is -1.11. The highest BCUT2D eigenvalue weighted by molar-refractivity contribution is 7.89. The lowest BCUT2D eigenvalue weighted by molar-refractivity contribution is 0.0512. The quantitative estimate of drug-likeness (QED) is 0.735. The van der Waals surface area contributed by atoms with Crippen LogP contribution in [0.3, 0.4) is 0 Å². The first-order valence-electron chi connectivity index (χ1n) is 7.52. The van der Waals surface area contributed by atoms with E-state index >= 15 is 0 Å². The molecule has 7 heteroatoms. The molecule has 0 radical (unpaired) electrons. The van der Waals surface area contributed by atoms with Crippen LogP contribution in [0, 0.1) is 0 Å². The summed E-state index contributed by atoms with van der Waals surface area (Å²) in [5.41, 5.74) is 0. The number of hydrogen-bond acceptors (Lipinski definition) is 5. The first-order chi connectivity index (χ1) is 9.44. The number of aliphatic hydroxyl groups is 1. The summed E-state index contributed by atoms with van der Waals surface area (Å²) in [5, 5.41) is 10.2. The lowest BCUT2D eigenvalue weighted by atomic mass is 10.1. The molecule has 2 heterocycles. The Balaban J connectivity index is 1.95. The van der Waals surface area contributed by atoms with E-state index in [2.05, 4.69) is 16.8 Å². The summed E-state index contributed by atoms with van der Waals surface area (Å²) in [5.74, 6) is 0.200. The Bertz CT molecular complexity index is 407. The Morgan fingerprint density at radius 3 is 2.40 bits per heavy atom. The second-order valence-corrected chi connectivity index (χ2v) is 8.05. The average Bonchev–Trinajstić information content (AvgIpc) is 2.80. The van der Waals surface area contributed by atoms with Crippen LogP contribution in [0.2, 0.25) is 0 Å². The number of nitrogens with zero attached hydrogens (tertiary/aromatic N) is 3. The van der Waals surface area contributed by atoms with Crippen molar-refractivity contribution in [1.29, 1.82) is 0 Å². The molecule has 0 aliphatic carbocycles. The fourth-order valence-corrected chi connectivity index (χ4v) is 4.60. The minimum atomic E-state index is -3.20. The molecule has 2 aliphatic rings. The van der Waals surface area contributed by atoms with E-state index in [1.807, 2.05) is 6.92 Å². The maximum absolute atomic E-state index is 12.2. The van der Waals surface area contributed by atoms with E-state index in [-0.39, 0.29) is 18.3 Å². The highest BCUT2D eigenvalue weighted by Gasteiger charge is 2.40. The molecule has 0 unspecified atom stereocenters. The van der Waals surface area contributed by atoms with E-state index in [9.17, 15) is 13.5 Å². The van der Waals surface area contributed by atoms with E-state index in [0.29, 0.717) is 13.0 Å². The van der Waals surface area contributed by atoms with Crippen molar-refractivity contribution >= 4 is 10.0 Å². The minimum absolute atomic E-state index is 0.0416. The molecule has 0 aromatic rings. The van der Waals surface area contributed by atoms with Crippen LogP contribution in [-0.4, -0.2) is 91.8 Å². The van der Waals surface area contributed by atoms with Crippen LogP contribution in [0.4, 0.5) is 0 Å². The molecule has 0 aromatic heterocycles. The summed E-state index contributed by atoms with van der Waals surface area (Å²) in [6.07, 6.45) is 1.00. The molecule has 0 amide bonds. The summed E-state index contributed by atoms with van der Waals surface area (Å²) in [6, 6.07) is -0.0416. The number of unbranched alkanes of at least 4 members (excludes halogenated alkanes) is 1. The molecule has 20 heavy (non-hydrogen) atoms. The molecule has 0 saturated carbocycles. The smallest absolute Gasteiger partial charge is 0.214 e. The van der Waals surface area contributed by atoms with Crippen molar-refractivity contribution in [2.75, 3.05) is 52.1 Å². The Kier molecular flexibility index (Phi) is 5.42. The van der Waals surface area contributed by atoms with Crippen molar-refractivity contribution in [3.8, 4) is 0 Å². The van der Waals surface area contributed by atoms with Crippen LogP contribution < -0.4 is 0 Å². The van der Waals surface area contributed by atoms with Gasteiger partial charge in [-0.3, -0.25) is 4.90 Å². The van der Waals surface area contributed by atoms with Gasteiger partial charge in [0.05, 0.1) is 17.9 Å². The Morgan fingerprint density at radius 2 is 1.80 bits per heavy atom. The molecule has 2 atom stereocenters. The second-order valence-electron chi connectivity index (χ2n) is 5.96. The van der Waals surface area contributed by atoms with Crippen LogP contribution in [0.15, 0.2) is 0 Å². The van der Waals surface area contributed by atoms with Gasteiger partial charge in [-0.1, -0.05) is 13.3 Å². The molecule has 2 aliphatic heterocycles. The van der Waals surface area contributed by atoms with Gasteiger partial charge in [-0.25, -0.2) is 8.42 Å².